The zero-order valence-electron chi connectivity index (χ0n) is 9.61. The molecule has 1 nitrogen and oxygen atoms in total. The summed E-state index contributed by atoms with van der Waals surface area (Å²) in [6.45, 7) is 1.95. The fraction of sp³-hybridized carbons (Fsp3) is 0.133. The topological polar surface area (TPSA) is 17.1 Å². The van der Waals surface area contributed by atoms with Gasteiger partial charge in [-0.3, -0.25) is 4.79 Å². The van der Waals surface area contributed by atoms with Gasteiger partial charge in [0.2, 0.25) is 0 Å². The zero-order valence-corrected chi connectivity index (χ0v) is 10.4. The molecule has 0 aliphatic heterocycles. The molecule has 0 unspecified atom stereocenters. The number of carbonyl (C=O) groups is 1. The Balaban J connectivity index is 2.17. The molecule has 0 amide bonds. The Morgan fingerprint density at radius 3 is 2.35 bits per heavy atom. The van der Waals surface area contributed by atoms with Crippen molar-refractivity contribution < 1.29 is 4.79 Å². The monoisotopic (exact) mass is 244 g/mol. The molecule has 0 heterocycles. The minimum atomic E-state index is 0.144. The molecule has 0 radical (unpaired) electrons. The van der Waals surface area contributed by atoms with Gasteiger partial charge in [0.25, 0.3) is 0 Å². The van der Waals surface area contributed by atoms with Crippen LogP contribution in [-0.4, -0.2) is 5.78 Å². The lowest BCUT2D eigenvalue weighted by atomic mass is 9.99. The van der Waals surface area contributed by atoms with Gasteiger partial charge in [-0.1, -0.05) is 48.0 Å². The zero-order chi connectivity index (χ0) is 12.3. The summed E-state index contributed by atoms with van der Waals surface area (Å²) in [5.74, 6) is 0.144. The minimum Gasteiger partial charge on any atom is -0.294 e. The van der Waals surface area contributed by atoms with E-state index in [1.807, 2.05) is 55.5 Å². The van der Waals surface area contributed by atoms with Crippen LogP contribution in [0.15, 0.2) is 48.5 Å². The maximum absolute atomic E-state index is 12.1. The Morgan fingerprint density at radius 1 is 1.06 bits per heavy atom. The van der Waals surface area contributed by atoms with E-state index in [4.69, 9.17) is 11.6 Å². The highest BCUT2D eigenvalue weighted by molar-refractivity contribution is 6.30. The number of benzene rings is 2. The van der Waals surface area contributed by atoms with Gasteiger partial charge in [-0.15, -0.1) is 0 Å². The third-order valence-electron chi connectivity index (χ3n) is 2.72. The van der Waals surface area contributed by atoms with Crippen molar-refractivity contribution in [2.45, 2.75) is 13.3 Å². The lowest BCUT2D eigenvalue weighted by Crippen LogP contribution is -2.05. The van der Waals surface area contributed by atoms with E-state index in [1.165, 1.54) is 0 Å². The quantitative estimate of drug-likeness (QED) is 0.744. The van der Waals surface area contributed by atoms with Crippen molar-refractivity contribution in [3.05, 3.63) is 70.2 Å². The molecule has 86 valence electrons. The van der Waals surface area contributed by atoms with E-state index >= 15 is 0 Å². The first kappa shape index (κ1) is 11.9. The highest BCUT2D eigenvalue weighted by Crippen LogP contribution is 2.14. The van der Waals surface area contributed by atoms with Crippen LogP contribution >= 0.6 is 11.6 Å². The van der Waals surface area contributed by atoms with E-state index in [9.17, 15) is 4.79 Å². The Hall–Kier alpha value is -1.60. The van der Waals surface area contributed by atoms with Gasteiger partial charge >= 0.3 is 0 Å². The fourth-order valence-corrected chi connectivity index (χ4v) is 1.89. The SMILES string of the molecule is Cc1ccccc1C(=O)Cc1ccc(Cl)cc1. The van der Waals surface area contributed by atoms with E-state index < -0.39 is 0 Å². The predicted octanol–water partition coefficient (Wildman–Crippen LogP) is 4.07. The van der Waals surface area contributed by atoms with Crippen LogP contribution in [0.4, 0.5) is 0 Å². The van der Waals surface area contributed by atoms with E-state index in [-0.39, 0.29) is 5.78 Å². The average molecular weight is 245 g/mol. The van der Waals surface area contributed by atoms with Crippen molar-refractivity contribution >= 4 is 17.4 Å². The van der Waals surface area contributed by atoms with Crippen molar-refractivity contribution in [1.29, 1.82) is 0 Å². The summed E-state index contributed by atoms with van der Waals surface area (Å²) in [7, 11) is 0. The maximum Gasteiger partial charge on any atom is 0.167 e. The molecular formula is C15H13ClO. The number of ketones is 1. The molecule has 2 heteroatoms. The van der Waals surface area contributed by atoms with Crippen LogP contribution in [0.3, 0.4) is 0 Å². The lowest BCUT2D eigenvalue weighted by molar-refractivity contribution is 0.0992. The first-order valence-electron chi connectivity index (χ1n) is 5.50. The van der Waals surface area contributed by atoms with Crippen LogP contribution in [0.25, 0.3) is 0 Å². The fourth-order valence-electron chi connectivity index (χ4n) is 1.77. The summed E-state index contributed by atoms with van der Waals surface area (Å²) in [5, 5.41) is 0.692. The van der Waals surface area contributed by atoms with Gasteiger partial charge in [-0.25, -0.2) is 0 Å². The van der Waals surface area contributed by atoms with Gasteiger partial charge in [0.1, 0.15) is 0 Å². The van der Waals surface area contributed by atoms with Gasteiger partial charge in [0.15, 0.2) is 5.78 Å². The molecule has 0 saturated carbocycles. The van der Waals surface area contributed by atoms with Crippen LogP contribution in [0, 0.1) is 6.92 Å². The Labute approximate surface area is 106 Å². The highest BCUT2D eigenvalue weighted by Gasteiger charge is 2.08. The van der Waals surface area contributed by atoms with E-state index in [1.54, 1.807) is 0 Å². The molecule has 0 fully saturated rings. The molecule has 2 aromatic rings. The molecule has 2 aromatic carbocycles. The van der Waals surface area contributed by atoms with Crippen molar-refractivity contribution in [3.63, 3.8) is 0 Å². The molecule has 17 heavy (non-hydrogen) atoms. The Bertz CT molecular complexity index is 529. The maximum atomic E-state index is 12.1. The normalized spacial score (nSPS) is 10.2. The molecule has 0 aliphatic rings. The van der Waals surface area contributed by atoms with Gasteiger partial charge in [-0.2, -0.15) is 0 Å². The van der Waals surface area contributed by atoms with Gasteiger partial charge in [0.05, 0.1) is 0 Å². The first-order chi connectivity index (χ1) is 8.16. The number of halogens is 1. The summed E-state index contributed by atoms with van der Waals surface area (Å²) < 4.78 is 0. The molecule has 0 bridgehead atoms. The molecule has 0 atom stereocenters. The third-order valence-corrected chi connectivity index (χ3v) is 2.98. The second kappa shape index (κ2) is 5.15. The standard InChI is InChI=1S/C15H13ClO/c1-11-4-2-3-5-14(11)15(17)10-12-6-8-13(16)9-7-12/h2-9H,10H2,1H3. The van der Waals surface area contributed by atoms with E-state index in [0.29, 0.717) is 11.4 Å². The second-order valence-electron chi connectivity index (χ2n) is 4.04. The van der Waals surface area contributed by atoms with Crippen molar-refractivity contribution in [1.82, 2.24) is 0 Å². The predicted molar refractivity (Wildman–Crippen MR) is 70.7 cm³/mol. The van der Waals surface area contributed by atoms with Crippen molar-refractivity contribution in [2.75, 3.05) is 0 Å². The molecule has 0 spiro atoms. The van der Waals surface area contributed by atoms with Crippen LogP contribution in [0.2, 0.25) is 5.02 Å². The number of carbonyl (C=O) groups excluding carboxylic acids is 1. The molecule has 0 aliphatic carbocycles. The number of rotatable bonds is 3. The second-order valence-corrected chi connectivity index (χ2v) is 4.48. The molecule has 0 aromatic heterocycles. The third kappa shape index (κ3) is 2.95. The van der Waals surface area contributed by atoms with Gasteiger partial charge < -0.3 is 0 Å². The average Bonchev–Trinajstić information content (AvgIpc) is 2.32. The Kier molecular flexibility index (Phi) is 3.60. The van der Waals surface area contributed by atoms with Crippen LogP contribution in [0.1, 0.15) is 21.5 Å². The van der Waals surface area contributed by atoms with Crippen LogP contribution < -0.4 is 0 Å². The molecule has 0 saturated heterocycles. The number of aryl methyl sites for hydroxylation is 1. The number of hydrogen-bond acceptors (Lipinski definition) is 1. The summed E-state index contributed by atoms with van der Waals surface area (Å²) in [5.41, 5.74) is 2.80. The molecule has 0 N–H and O–H groups in total. The highest BCUT2D eigenvalue weighted by atomic mass is 35.5. The van der Waals surface area contributed by atoms with Gasteiger partial charge in [-0.05, 0) is 30.2 Å². The number of Topliss-reactive ketones (excluding diaryl/α,β-unsaturated/α-hetero) is 1. The molecular weight excluding hydrogens is 232 g/mol. The van der Waals surface area contributed by atoms with Crippen molar-refractivity contribution in [2.24, 2.45) is 0 Å². The van der Waals surface area contributed by atoms with Crippen LogP contribution in [0.5, 0.6) is 0 Å². The molecule has 2 rings (SSSR count). The first-order valence-corrected chi connectivity index (χ1v) is 5.88. The van der Waals surface area contributed by atoms with E-state index in [0.717, 1.165) is 16.7 Å². The Morgan fingerprint density at radius 2 is 1.71 bits per heavy atom. The van der Waals surface area contributed by atoms with E-state index in [2.05, 4.69) is 0 Å². The van der Waals surface area contributed by atoms with Gasteiger partial charge in [0, 0.05) is 17.0 Å². The summed E-state index contributed by atoms with van der Waals surface area (Å²) in [4.78, 5) is 12.1. The smallest absolute Gasteiger partial charge is 0.167 e. The number of hydrogen-bond donors (Lipinski definition) is 0. The van der Waals surface area contributed by atoms with Crippen LogP contribution in [-0.2, 0) is 6.42 Å². The van der Waals surface area contributed by atoms with Crippen molar-refractivity contribution in [3.8, 4) is 0 Å². The largest absolute Gasteiger partial charge is 0.294 e. The summed E-state index contributed by atoms with van der Waals surface area (Å²) in [6, 6.07) is 15.0. The summed E-state index contributed by atoms with van der Waals surface area (Å²) >= 11 is 5.81. The minimum absolute atomic E-state index is 0.144. The lowest BCUT2D eigenvalue weighted by Gasteiger charge is -2.04. The summed E-state index contributed by atoms with van der Waals surface area (Å²) in [6.07, 6.45) is 0.419.